The number of para-hydroxylation sites is 7. The summed E-state index contributed by atoms with van der Waals surface area (Å²) in [6.45, 7) is -0.896. The lowest BCUT2D eigenvalue weighted by Gasteiger charge is -2.46. The third kappa shape index (κ3) is 8.69. The number of rotatable bonds is 9. The molecule has 0 saturated carbocycles. The molecule has 0 aliphatic carbocycles. The smallest absolute Gasteiger partial charge is 0.252 e. The Kier molecular flexibility index (Phi) is 9.50. The standard InChI is InChI=1S/C98H61BN4O/c1-4-26-62(27-5-1)71-41-24-42-72(63-28-6-2-7-29-63)97(71)102-90-60-68(100-86-45-19-14-36-76(86)77-37-15-20-46-87(77)100)51-53-84(90)99-85-54-52-69(101-88-47-21-16-38-78(88)79-39-17-22-48-89(79)101)61-91(85)103(93-59-67(58-92(102)96(93)99)65-50-55-95-83(56-65)80-40-18-23-49-94(80)104-95)98-73(64-30-8-3-9-31-64)43-25-44-81(98)82-57-66-32-10-11-33-70(66)74-34-12-13-35-75(74)82/h1-61H/i14D,15D,16D,17D,19D,20D,21D,22D,24D,25D,36D,37D,38D,39D,45D,46D,47D,48D. The van der Waals surface area contributed by atoms with Gasteiger partial charge in [0.15, 0.2) is 0 Å². The highest BCUT2D eigenvalue weighted by atomic mass is 16.3. The molecule has 0 atom stereocenters. The first-order valence-corrected chi connectivity index (χ1v) is 34.4. The number of benzene rings is 17. The maximum absolute atomic E-state index is 10.2. The lowest BCUT2D eigenvalue weighted by atomic mass is 9.33. The Balaban J connectivity index is 0.969. The molecule has 3 aromatic heterocycles. The van der Waals surface area contributed by atoms with Crippen molar-refractivity contribution in [1.29, 1.82) is 0 Å². The fraction of sp³-hybridized carbons (Fsp3) is 0. The monoisotopic (exact) mass is 1340 g/mol. The highest BCUT2D eigenvalue weighted by Crippen LogP contribution is 2.55. The number of furan rings is 1. The first-order chi connectivity index (χ1) is 59.1. The summed E-state index contributed by atoms with van der Waals surface area (Å²) in [6, 6.07) is 76.6. The summed E-state index contributed by atoms with van der Waals surface area (Å²) in [4.78, 5) is 4.42. The Bertz CT molecular complexity index is 7880. The van der Waals surface area contributed by atoms with Crippen molar-refractivity contribution in [3.63, 3.8) is 0 Å². The summed E-state index contributed by atoms with van der Waals surface area (Å²) in [5, 5.41) is 4.94. The Morgan fingerprint density at radius 3 is 1.20 bits per heavy atom. The zero-order valence-corrected chi connectivity index (χ0v) is 55.1. The summed E-state index contributed by atoms with van der Waals surface area (Å²) >= 11 is 0. The molecule has 0 spiro atoms. The van der Waals surface area contributed by atoms with Crippen LogP contribution >= 0.6 is 0 Å². The van der Waals surface area contributed by atoms with Gasteiger partial charge in [0.05, 0.1) is 58.1 Å². The molecule has 2 aliphatic rings. The number of aromatic nitrogens is 2. The van der Waals surface area contributed by atoms with Crippen LogP contribution < -0.4 is 26.2 Å². The second kappa shape index (κ2) is 22.9. The second-order valence-electron chi connectivity index (χ2n) is 26.4. The van der Waals surface area contributed by atoms with Crippen LogP contribution in [0.1, 0.15) is 24.7 Å². The van der Waals surface area contributed by atoms with Crippen LogP contribution in [0.5, 0.6) is 0 Å². The van der Waals surface area contributed by atoms with Gasteiger partial charge in [0.25, 0.3) is 6.71 Å². The fourth-order valence-corrected chi connectivity index (χ4v) is 16.6. The van der Waals surface area contributed by atoms with E-state index in [0.717, 1.165) is 65.6 Å². The van der Waals surface area contributed by atoms with Gasteiger partial charge in [-0.1, -0.05) is 285 Å². The van der Waals surface area contributed by atoms with Gasteiger partial charge in [-0.25, -0.2) is 0 Å². The Morgan fingerprint density at radius 2 is 0.683 bits per heavy atom. The van der Waals surface area contributed by atoms with Gasteiger partial charge in [-0.2, -0.15) is 0 Å². The molecule has 0 saturated heterocycles. The predicted molar refractivity (Wildman–Crippen MR) is 439 cm³/mol. The molecule has 2 aliphatic heterocycles. The molecule has 0 radical (unpaired) electrons. The van der Waals surface area contributed by atoms with E-state index >= 15 is 0 Å². The second-order valence-corrected chi connectivity index (χ2v) is 26.4. The van der Waals surface area contributed by atoms with E-state index in [1.165, 1.54) is 9.13 Å². The van der Waals surface area contributed by atoms with E-state index in [1.807, 2.05) is 200 Å². The van der Waals surface area contributed by atoms with Crippen LogP contribution in [0.15, 0.2) is 374 Å². The van der Waals surface area contributed by atoms with Crippen LogP contribution in [-0.2, 0) is 0 Å². The molecule has 104 heavy (non-hydrogen) atoms. The van der Waals surface area contributed by atoms with E-state index in [9.17, 15) is 19.2 Å². The van der Waals surface area contributed by atoms with Gasteiger partial charge in [-0.05, 0) is 156 Å². The summed E-state index contributed by atoms with van der Waals surface area (Å²) in [7, 11) is 0. The molecule has 0 unspecified atom stereocenters. The van der Waals surface area contributed by atoms with Crippen LogP contribution in [0.25, 0.3) is 154 Å². The van der Waals surface area contributed by atoms with E-state index in [4.69, 9.17) is 9.90 Å². The average Bonchev–Trinajstić information content (AvgIpc) is 0.762. The fourth-order valence-electron chi connectivity index (χ4n) is 16.6. The largest absolute Gasteiger partial charge is 0.456 e. The Hall–Kier alpha value is -13.7. The number of hydrogen-bond acceptors (Lipinski definition) is 3. The first-order valence-electron chi connectivity index (χ1n) is 43.4. The predicted octanol–water partition coefficient (Wildman–Crippen LogP) is 24.5. The summed E-state index contributed by atoms with van der Waals surface area (Å²) in [5.41, 5.74) is 13.5. The molecule has 0 bridgehead atoms. The maximum Gasteiger partial charge on any atom is 0.252 e. The molecular formula is C98H61BN4O. The van der Waals surface area contributed by atoms with E-state index in [0.29, 0.717) is 84.0 Å². The van der Waals surface area contributed by atoms with Crippen molar-refractivity contribution in [2.24, 2.45) is 0 Å². The highest BCUT2D eigenvalue weighted by Gasteiger charge is 2.46. The van der Waals surface area contributed by atoms with E-state index < -0.39 is 103 Å². The van der Waals surface area contributed by atoms with Crippen molar-refractivity contribution in [3.8, 4) is 67.0 Å². The summed E-state index contributed by atoms with van der Waals surface area (Å²) in [6.07, 6.45) is 0. The van der Waals surface area contributed by atoms with Crippen LogP contribution in [0.2, 0.25) is 0 Å². The van der Waals surface area contributed by atoms with Gasteiger partial charge in [0, 0.05) is 88.7 Å². The topological polar surface area (TPSA) is 29.5 Å². The van der Waals surface area contributed by atoms with E-state index in [1.54, 1.807) is 12.1 Å². The van der Waals surface area contributed by atoms with Crippen LogP contribution in [0, 0.1) is 0 Å². The van der Waals surface area contributed by atoms with Gasteiger partial charge < -0.3 is 23.4 Å². The molecular weight excluding hydrogens is 1260 g/mol. The molecule has 0 amide bonds. The van der Waals surface area contributed by atoms with E-state index in [2.05, 4.69) is 58.3 Å². The minimum atomic E-state index is -0.896. The first kappa shape index (κ1) is 43.1. The summed E-state index contributed by atoms with van der Waals surface area (Å²) < 4.78 is 182. The normalized spacial score (nSPS) is 15.0. The molecule has 17 aromatic carbocycles. The lowest BCUT2D eigenvalue weighted by molar-refractivity contribution is 0.669. The van der Waals surface area contributed by atoms with Crippen molar-refractivity contribution in [2.75, 3.05) is 9.80 Å². The third-order valence-corrected chi connectivity index (χ3v) is 21.0. The van der Waals surface area contributed by atoms with Crippen molar-refractivity contribution < 1.29 is 29.1 Å². The number of anilines is 6. The minimum absolute atomic E-state index is 0.102. The van der Waals surface area contributed by atoms with Crippen LogP contribution in [0.4, 0.5) is 34.1 Å². The zero-order valence-electron chi connectivity index (χ0n) is 73.1. The van der Waals surface area contributed by atoms with Crippen molar-refractivity contribution >= 4 is 144 Å². The van der Waals surface area contributed by atoms with Crippen molar-refractivity contribution in [2.45, 2.75) is 0 Å². The van der Waals surface area contributed by atoms with Gasteiger partial charge in [0.2, 0.25) is 0 Å². The van der Waals surface area contributed by atoms with Gasteiger partial charge in [0.1, 0.15) is 11.2 Å². The number of nitrogens with zero attached hydrogens (tertiary/aromatic N) is 4. The van der Waals surface area contributed by atoms with Gasteiger partial charge in [-0.15, -0.1) is 0 Å². The Labute approximate surface area is 626 Å². The van der Waals surface area contributed by atoms with Gasteiger partial charge in [-0.3, -0.25) is 0 Å². The number of fused-ring (bicyclic) bond motifs is 16. The van der Waals surface area contributed by atoms with Crippen molar-refractivity contribution in [1.82, 2.24) is 9.13 Å². The molecule has 0 fully saturated rings. The quantitative estimate of drug-likeness (QED) is 0.107. The molecule has 5 heterocycles. The number of hydrogen-bond donors (Lipinski definition) is 0. The summed E-state index contributed by atoms with van der Waals surface area (Å²) in [5.74, 6) is 0. The SMILES string of the molecule is [2H]c1cc(-c2ccccc2)c(N2c3cc(-n4c5c([2H])c([2H])c([2H])c([2H])c5c5c([2H])c([2H])c([2H])c([2H])c54)ccc3B3c4ccc(-n5c6c([2H])c([2H])c([2H])c([2H])c6c6c([2H])c([2H])c([2H])c([2H])c65)cc4N(c4c(-c5ccccc5)cc([2H])cc4-c4cc5ccccc5c5ccccc45)c4cc(-c5ccc6oc7ccccc7c6c5)cc2c43)c(-c2ccccc2)c1. The highest BCUT2D eigenvalue weighted by molar-refractivity contribution is 7.00. The third-order valence-electron chi connectivity index (χ3n) is 21.0. The molecule has 6 heteroatoms. The molecule has 482 valence electrons. The maximum atomic E-state index is 10.2. The van der Waals surface area contributed by atoms with Crippen molar-refractivity contribution in [3.05, 3.63) is 370 Å². The Morgan fingerprint density at radius 1 is 0.260 bits per heavy atom. The van der Waals surface area contributed by atoms with E-state index in [-0.39, 0.29) is 67.1 Å². The van der Waals surface area contributed by atoms with Gasteiger partial charge >= 0.3 is 0 Å². The lowest BCUT2D eigenvalue weighted by Crippen LogP contribution is -2.61. The van der Waals surface area contributed by atoms with Crippen LogP contribution in [-0.4, -0.2) is 15.8 Å². The van der Waals surface area contributed by atoms with Crippen LogP contribution in [0.3, 0.4) is 0 Å². The molecule has 5 nitrogen and oxygen atoms in total. The molecule has 22 rings (SSSR count). The molecule has 0 N–H and O–H groups in total. The zero-order chi connectivity index (χ0) is 83.8. The minimum Gasteiger partial charge on any atom is -0.456 e. The molecule has 20 aromatic rings. The average molecular weight is 1340 g/mol.